The van der Waals surface area contributed by atoms with Gasteiger partial charge in [0.1, 0.15) is 12.4 Å². The molecule has 7 nitrogen and oxygen atoms in total. The predicted octanol–water partition coefficient (Wildman–Crippen LogP) is 4.19. The summed E-state index contributed by atoms with van der Waals surface area (Å²) < 4.78 is 10.9. The zero-order valence-electron chi connectivity index (χ0n) is 18.0. The molecule has 0 spiro atoms. The molecular weight excluding hydrogens is 420 g/mol. The predicted molar refractivity (Wildman–Crippen MR) is 124 cm³/mol. The van der Waals surface area contributed by atoms with E-state index in [-0.39, 0.29) is 5.91 Å². The van der Waals surface area contributed by atoms with Crippen molar-refractivity contribution >= 4 is 29.2 Å². The molecule has 0 aliphatic carbocycles. The van der Waals surface area contributed by atoms with Crippen molar-refractivity contribution in [2.24, 2.45) is 0 Å². The molecule has 168 valence electrons. The summed E-state index contributed by atoms with van der Waals surface area (Å²) in [6.45, 7) is 0.606. The zero-order chi connectivity index (χ0) is 23.0. The Kier molecular flexibility index (Phi) is 6.99. The lowest BCUT2D eigenvalue weighted by Gasteiger charge is -2.19. The Hall–Kier alpha value is -4.13. The third kappa shape index (κ3) is 5.77. The van der Waals surface area contributed by atoms with E-state index in [0.717, 1.165) is 12.0 Å². The van der Waals surface area contributed by atoms with Crippen molar-refractivity contribution in [3.05, 3.63) is 90.0 Å². The quantitative estimate of drug-likeness (QED) is 0.527. The van der Waals surface area contributed by atoms with Gasteiger partial charge >= 0.3 is 5.97 Å². The molecule has 33 heavy (non-hydrogen) atoms. The molecule has 0 saturated carbocycles. The number of amides is 2. The number of nitrogens with zero attached hydrogens (tertiary/aromatic N) is 1. The maximum absolute atomic E-state index is 12.4. The summed E-state index contributed by atoms with van der Waals surface area (Å²) in [5.74, 6) is -0.437. The minimum Gasteiger partial charge on any atom is -0.489 e. The number of ether oxygens (including phenoxy) is 2. The Morgan fingerprint density at radius 1 is 0.909 bits per heavy atom. The van der Waals surface area contributed by atoms with E-state index in [1.165, 1.54) is 0 Å². The average Bonchev–Trinajstić information content (AvgIpc) is 3.28. The van der Waals surface area contributed by atoms with Gasteiger partial charge in [0.25, 0.3) is 5.91 Å². The lowest BCUT2D eigenvalue weighted by molar-refractivity contribution is -0.119. The largest absolute Gasteiger partial charge is 0.489 e. The van der Waals surface area contributed by atoms with Crippen LogP contribution in [0.15, 0.2) is 78.9 Å². The van der Waals surface area contributed by atoms with Crippen molar-refractivity contribution < 1.29 is 23.9 Å². The van der Waals surface area contributed by atoms with E-state index in [1.54, 1.807) is 47.4 Å². The number of hydrogen-bond donors (Lipinski definition) is 1. The smallest absolute Gasteiger partial charge is 0.338 e. The van der Waals surface area contributed by atoms with Crippen molar-refractivity contribution in [2.75, 3.05) is 23.4 Å². The monoisotopic (exact) mass is 444 g/mol. The van der Waals surface area contributed by atoms with E-state index >= 15 is 0 Å². The second kappa shape index (κ2) is 10.5. The molecule has 1 fully saturated rings. The van der Waals surface area contributed by atoms with Crippen molar-refractivity contribution in [3.63, 3.8) is 0 Å². The molecule has 7 heteroatoms. The number of nitrogens with one attached hydrogen (secondary N) is 1. The number of hydrogen-bond acceptors (Lipinski definition) is 5. The topological polar surface area (TPSA) is 84.9 Å². The van der Waals surface area contributed by atoms with E-state index in [4.69, 9.17) is 9.47 Å². The average molecular weight is 444 g/mol. The molecule has 2 amide bonds. The zero-order valence-corrected chi connectivity index (χ0v) is 18.0. The first-order chi connectivity index (χ1) is 16.1. The van der Waals surface area contributed by atoms with E-state index < -0.39 is 18.5 Å². The van der Waals surface area contributed by atoms with Crippen LogP contribution in [-0.4, -0.2) is 30.9 Å². The first-order valence-corrected chi connectivity index (χ1v) is 10.7. The Bertz CT molecular complexity index is 1130. The highest BCUT2D eigenvalue weighted by Crippen LogP contribution is 2.29. The van der Waals surface area contributed by atoms with Gasteiger partial charge in [0.2, 0.25) is 5.91 Å². The van der Waals surface area contributed by atoms with Gasteiger partial charge in [-0.15, -0.1) is 0 Å². The molecular formula is C26H24N2O5. The standard InChI is InChI=1S/C26H24N2O5/c29-24(27-22-9-4-5-10-23(22)28-16-6-11-25(28)30)18-33-26(31)20-12-14-21(15-13-20)32-17-19-7-2-1-3-8-19/h1-5,7-10,12-15H,6,11,16-18H2,(H,27,29). The van der Waals surface area contributed by atoms with Crippen LogP contribution in [0.4, 0.5) is 11.4 Å². The third-order valence-electron chi connectivity index (χ3n) is 5.22. The molecule has 0 bridgehead atoms. The fourth-order valence-electron chi connectivity index (χ4n) is 3.55. The molecule has 1 aliphatic heterocycles. The Balaban J connectivity index is 1.28. The lowest BCUT2D eigenvalue weighted by atomic mass is 10.2. The van der Waals surface area contributed by atoms with Crippen molar-refractivity contribution in [1.82, 2.24) is 0 Å². The van der Waals surface area contributed by atoms with E-state index in [2.05, 4.69) is 5.32 Å². The Morgan fingerprint density at radius 2 is 1.64 bits per heavy atom. The van der Waals surface area contributed by atoms with Crippen LogP contribution in [0.1, 0.15) is 28.8 Å². The molecule has 4 rings (SSSR count). The molecule has 1 saturated heterocycles. The molecule has 0 unspecified atom stereocenters. The van der Waals surface area contributed by atoms with Crippen molar-refractivity contribution in [1.29, 1.82) is 0 Å². The fourth-order valence-corrected chi connectivity index (χ4v) is 3.55. The Morgan fingerprint density at radius 3 is 2.36 bits per heavy atom. The summed E-state index contributed by atoms with van der Waals surface area (Å²) in [7, 11) is 0. The molecule has 0 aromatic heterocycles. The maximum Gasteiger partial charge on any atom is 0.338 e. The minimum absolute atomic E-state index is 0.0271. The first-order valence-electron chi connectivity index (χ1n) is 10.7. The number of carbonyl (C=O) groups is 3. The molecule has 1 heterocycles. The van der Waals surface area contributed by atoms with Gasteiger partial charge in [0.15, 0.2) is 6.61 Å². The van der Waals surface area contributed by atoms with Crippen LogP contribution >= 0.6 is 0 Å². The first kappa shape index (κ1) is 22.1. The van der Waals surface area contributed by atoms with Gasteiger partial charge in [0.05, 0.1) is 16.9 Å². The van der Waals surface area contributed by atoms with Gasteiger partial charge < -0.3 is 19.7 Å². The molecule has 3 aromatic rings. The highest BCUT2D eigenvalue weighted by atomic mass is 16.5. The van der Waals surface area contributed by atoms with Gasteiger partial charge in [-0.25, -0.2) is 4.79 Å². The van der Waals surface area contributed by atoms with Crippen LogP contribution < -0.4 is 15.0 Å². The third-order valence-corrected chi connectivity index (χ3v) is 5.22. The normalized spacial score (nSPS) is 13.0. The fraction of sp³-hybridized carbons (Fsp3) is 0.192. The van der Waals surface area contributed by atoms with Gasteiger partial charge in [-0.1, -0.05) is 42.5 Å². The lowest BCUT2D eigenvalue weighted by Crippen LogP contribution is -2.27. The van der Waals surface area contributed by atoms with E-state index in [1.807, 2.05) is 36.4 Å². The van der Waals surface area contributed by atoms with Gasteiger partial charge in [-0.2, -0.15) is 0 Å². The van der Waals surface area contributed by atoms with Crippen LogP contribution in [0.25, 0.3) is 0 Å². The molecule has 1 aliphatic rings. The minimum atomic E-state index is -0.609. The number of rotatable bonds is 8. The maximum atomic E-state index is 12.4. The van der Waals surface area contributed by atoms with Crippen LogP contribution in [-0.2, 0) is 20.9 Å². The highest BCUT2D eigenvalue weighted by molar-refractivity contribution is 6.02. The summed E-state index contributed by atoms with van der Waals surface area (Å²) in [6.07, 6.45) is 1.28. The summed E-state index contributed by atoms with van der Waals surface area (Å²) in [4.78, 5) is 38.4. The second-order valence-electron chi connectivity index (χ2n) is 7.59. The van der Waals surface area contributed by atoms with Crippen LogP contribution in [0.3, 0.4) is 0 Å². The number of carbonyl (C=O) groups excluding carboxylic acids is 3. The molecule has 1 N–H and O–H groups in total. The summed E-state index contributed by atoms with van der Waals surface area (Å²) >= 11 is 0. The molecule has 0 radical (unpaired) electrons. The van der Waals surface area contributed by atoms with Crippen LogP contribution in [0, 0.1) is 0 Å². The van der Waals surface area contributed by atoms with E-state index in [9.17, 15) is 14.4 Å². The number of para-hydroxylation sites is 2. The van der Waals surface area contributed by atoms with Crippen molar-refractivity contribution in [3.8, 4) is 5.75 Å². The van der Waals surface area contributed by atoms with Crippen LogP contribution in [0.5, 0.6) is 5.75 Å². The van der Waals surface area contributed by atoms with Gasteiger partial charge in [-0.3, -0.25) is 9.59 Å². The second-order valence-corrected chi connectivity index (χ2v) is 7.59. The number of benzene rings is 3. The SMILES string of the molecule is O=C(COC(=O)c1ccc(OCc2ccccc2)cc1)Nc1ccccc1N1CCCC1=O. The highest BCUT2D eigenvalue weighted by Gasteiger charge is 2.24. The number of anilines is 2. The molecule has 0 atom stereocenters. The van der Waals surface area contributed by atoms with Gasteiger partial charge in [0, 0.05) is 13.0 Å². The van der Waals surface area contributed by atoms with Crippen molar-refractivity contribution in [2.45, 2.75) is 19.4 Å². The summed E-state index contributed by atoms with van der Waals surface area (Å²) in [6, 6.07) is 23.4. The van der Waals surface area contributed by atoms with Crippen LogP contribution in [0.2, 0.25) is 0 Å². The van der Waals surface area contributed by atoms with E-state index in [0.29, 0.717) is 42.3 Å². The Labute approximate surface area is 191 Å². The number of esters is 1. The molecule has 3 aromatic carbocycles. The summed E-state index contributed by atoms with van der Waals surface area (Å²) in [5, 5.41) is 2.73. The van der Waals surface area contributed by atoms with Gasteiger partial charge in [-0.05, 0) is 48.4 Å². The summed E-state index contributed by atoms with van der Waals surface area (Å²) in [5.41, 5.74) is 2.51.